The molecule has 1 aliphatic heterocycles. The number of nitrogens with one attached hydrogen (secondary N) is 1. The summed E-state index contributed by atoms with van der Waals surface area (Å²) in [4.78, 5) is 10.3. The molecule has 0 amide bonds. The van der Waals surface area contributed by atoms with Gasteiger partial charge in [-0.2, -0.15) is 4.98 Å². The molecule has 158 valence electrons. The summed E-state index contributed by atoms with van der Waals surface area (Å²) in [6, 6.07) is 18.2. The Bertz CT molecular complexity index is 938. The first-order chi connectivity index (χ1) is 14.5. The Morgan fingerprint density at radius 1 is 1.17 bits per heavy atom. The molecule has 4 rings (SSSR count). The topological polar surface area (TPSA) is 76.3 Å². The van der Waals surface area contributed by atoms with Crippen molar-refractivity contribution in [1.82, 2.24) is 14.9 Å². The Hall–Kier alpha value is -2.64. The van der Waals surface area contributed by atoms with E-state index in [0.29, 0.717) is 11.7 Å². The number of hydrogen-bond donors (Lipinski definition) is 2. The number of benzene rings is 2. The van der Waals surface area contributed by atoms with Gasteiger partial charge < -0.3 is 20.7 Å². The molecule has 1 aromatic heterocycles. The minimum atomic E-state index is 0.247. The van der Waals surface area contributed by atoms with E-state index in [1.165, 1.54) is 31.5 Å². The second kappa shape index (κ2) is 10.9. The van der Waals surface area contributed by atoms with Crippen LogP contribution in [0.3, 0.4) is 0 Å². The molecule has 0 radical (unpaired) electrons. The smallest absolute Gasteiger partial charge is 0.222 e. The Morgan fingerprint density at radius 3 is 2.70 bits per heavy atom. The number of ether oxygens (including phenoxy) is 1. The molecule has 30 heavy (non-hydrogen) atoms. The van der Waals surface area contributed by atoms with Crippen LogP contribution in [0.1, 0.15) is 24.3 Å². The van der Waals surface area contributed by atoms with Crippen molar-refractivity contribution in [3.8, 4) is 5.75 Å². The van der Waals surface area contributed by atoms with E-state index in [2.05, 4.69) is 61.4 Å². The van der Waals surface area contributed by atoms with Crippen LogP contribution in [0.15, 0.2) is 65.3 Å². The number of piperidine rings is 1. The standard InChI is InChI=1S/C13H19NO.C10H9BrN4/c1-14-8-4-6-12(10-14)11-5-3-7-13(9-11)15-2;11-8-6-13-10(12)15-9(8)14-7-4-2-1-3-5-7/h3,5,7,9,12H,4,6,8,10H2,1-2H3;1-6H,(H3,12,13,14,15). The molecule has 6 nitrogen and oxygen atoms in total. The van der Waals surface area contributed by atoms with Gasteiger partial charge in [0.25, 0.3) is 0 Å². The molecule has 3 N–H and O–H groups in total. The van der Waals surface area contributed by atoms with E-state index >= 15 is 0 Å². The van der Waals surface area contributed by atoms with Crippen molar-refractivity contribution in [1.29, 1.82) is 0 Å². The number of rotatable bonds is 4. The van der Waals surface area contributed by atoms with Crippen LogP contribution >= 0.6 is 15.9 Å². The van der Waals surface area contributed by atoms with Gasteiger partial charge in [-0.05, 0) is 78.1 Å². The maximum absolute atomic E-state index is 5.50. The Labute approximate surface area is 186 Å². The molecule has 2 heterocycles. The third-order valence-corrected chi connectivity index (χ3v) is 5.57. The van der Waals surface area contributed by atoms with E-state index in [-0.39, 0.29) is 5.95 Å². The van der Waals surface area contributed by atoms with Gasteiger partial charge in [0.05, 0.1) is 11.6 Å². The first-order valence-electron chi connectivity index (χ1n) is 9.97. The molecular formula is C23H28BrN5O. The molecule has 2 aromatic carbocycles. The van der Waals surface area contributed by atoms with Crippen molar-refractivity contribution in [2.45, 2.75) is 18.8 Å². The predicted octanol–water partition coefficient (Wildman–Crippen LogP) is 5.07. The van der Waals surface area contributed by atoms with Gasteiger partial charge >= 0.3 is 0 Å². The molecule has 1 unspecified atom stereocenters. The highest BCUT2D eigenvalue weighted by atomic mass is 79.9. The molecule has 1 atom stereocenters. The molecule has 7 heteroatoms. The average molecular weight is 470 g/mol. The van der Waals surface area contributed by atoms with E-state index in [9.17, 15) is 0 Å². The zero-order valence-electron chi connectivity index (χ0n) is 17.4. The number of methoxy groups -OCH3 is 1. The summed E-state index contributed by atoms with van der Waals surface area (Å²) in [6.45, 7) is 2.41. The number of nitrogens with two attached hydrogens (primary N) is 1. The van der Waals surface area contributed by atoms with Crippen LogP contribution in [-0.2, 0) is 0 Å². The van der Waals surface area contributed by atoms with Gasteiger partial charge in [-0.3, -0.25) is 0 Å². The molecule has 3 aromatic rings. The number of anilines is 3. The fraction of sp³-hybridized carbons (Fsp3) is 0.304. The van der Waals surface area contributed by atoms with Crippen LogP contribution < -0.4 is 15.8 Å². The van der Waals surface area contributed by atoms with Crippen LogP contribution in [0.2, 0.25) is 0 Å². The normalized spacial score (nSPS) is 16.3. The van der Waals surface area contributed by atoms with Gasteiger partial charge in [-0.15, -0.1) is 0 Å². The maximum Gasteiger partial charge on any atom is 0.222 e. The molecular weight excluding hydrogens is 442 g/mol. The lowest BCUT2D eigenvalue weighted by atomic mass is 9.91. The van der Waals surface area contributed by atoms with Crippen molar-refractivity contribution in [2.75, 3.05) is 38.3 Å². The summed E-state index contributed by atoms with van der Waals surface area (Å²) >= 11 is 3.34. The number of hydrogen-bond acceptors (Lipinski definition) is 6. The SMILES string of the molecule is COc1cccc(C2CCCN(C)C2)c1.Nc1ncc(Br)c(Nc2ccccc2)n1. The number of likely N-dealkylation sites (N-methyl/N-ethyl adjacent to an activating group) is 1. The van der Waals surface area contributed by atoms with Crippen LogP contribution in [0.4, 0.5) is 17.5 Å². The highest BCUT2D eigenvalue weighted by Gasteiger charge is 2.18. The lowest BCUT2D eigenvalue weighted by molar-refractivity contribution is 0.250. The van der Waals surface area contributed by atoms with E-state index < -0.39 is 0 Å². The van der Waals surface area contributed by atoms with Crippen molar-refractivity contribution in [3.05, 3.63) is 70.8 Å². The number of nitrogens with zero attached hydrogens (tertiary/aromatic N) is 3. The summed E-state index contributed by atoms with van der Waals surface area (Å²) < 4.78 is 6.04. The first-order valence-corrected chi connectivity index (χ1v) is 10.8. The molecule has 1 fully saturated rings. The molecule has 1 saturated heterocycles. The molecule has 0 aliphatic carbocycles. The van der Waals surface area contributed by atoms with E-state index in [4.69, 9.17) is 10.5 Å². The van der Waals surface area contributed by atoms with Gasteiger partial charge in [0.1, 0.15) is 11.6 Å². The lowest BCUT2D eigenvalue weighted by Gasteiger charge is -2.30. The van der Waals surface area contributed by atoms with Crippen LogP contribution in [0.5, 0.6) is 5.75 Å². The van der Waals surface area contributed by atoms with Crippen molar-refractivity contribution < 1.29 is 4.74 Å². The second-order valence-electron chi connectivity index (χ2n) is 7.29. The largest absolute Gasteiger partial charge is 0.497 e. The maximum atomic E-state index is 5.50. The Kier molecular flexibility index (Phi) is 8.04. The van der Waals surface area contributed by atoms with Crippen LogP contribution in [-0.4, -0.2) is 42.1 Å². The third-order valence-electron chi connectivity index (χ3n) is 4.99. The van der Waals surface area contributed by atoms with E-state index in [0.717, 1.165) is 15.9 Å². The summed E-state index contributed by atoms with van der Waals surface area (Å²) in [7, 11) is 3.93. The van der Waals surface area contributed by atoms with Gasteiger partial charge in [0.15, 0.2) is 0 Å². The minimum Gasteiger partial charge on any atom is -0.497 e. The number of para-hydroxylation sites is 1. The van der Waals surface area contributed by atoms with Gasteiger partial charge in [-0.1, -0.05) is 30.3 Å². The summed E-state index contributed by atoms with van der Waals surface area (Å²) in [6.07, 6.45) is 4.23. The fourth-order valence-corrected chi connectivity index (χ4v) is 3.75. The quantitative estimate of drug-likeness (QED) is 0.555. The third kappa shape index (κ3) is 6.43. The number of halogens is 1. The Balaban J connectivity index is 0.000000171. The van der Waals surface area contributed by atoms with Gasteiger partial charge in [-0.25, -0.2) is 4.98 Å². The first kappa shape index (κ1) is 22.1. The molecule has 0 bridgehead atoms. The highest BCUT2D eigenvalue weighted by molar-refractivity contribution is 9.10. The second-order valence-corrected chi connectivity index (χ2v) is 8.15. The van der Waals surface area contributed by atoms with Crippen molar-refractivity contribution in [3.63, 3.8) is 0 Å². The number of likely N-dealkylation sites (tertiary alicyclic amines) is 1. The predicted molar refractivity (Wildman–Crippen MR) is 126 cm³/mol. The zero-order valence-corrected chi connectivity index (χ0v) is 19.0. The van der Waals surface area contributed by atoms with Gasteiger partial charge in [0.2, 0.25) is 5.95 Å². The lowest BCUT2D eigenvalue weighted by Crippen LogP contribution is -2.30. The molecule has 0 saturated carbocycles. The average Bonchev–Trinajstić information content (AvgIpc) is 2.77. The summed E-state index contributed by atoms with van der Waals surface area (Å²) in [5.74, 6) is 2.56. The monoisotopic (exact) mass is 469 g/mol. The van der Waals surface area contributed by atoms with Gasteiger partial charge in [0, 0.05) is 18.4 Å². The van der Waals surface area contributed by atoms with Crippen LogP contribution in [0, 0.1) is 0 Å². The zero-order chi connectivity index (χ0) is 21.3. The van der Waals surface area contributed by atoms with Crippen LogP contribution in [0.25, 0.3) is 0 Å². The fourth-order valence-electron chi connectivity index (χ4n) is 3.46. The Morgan fingerprint density at radius 2 is 1.97 bits per heavy atom. The molecule has 1 aliphatic rings. The minimum absolute atomic E-state index is 0.247. The number of aromatic nitrogens is 2. The van der Waals surface area contributed by atoms with Crippen molar-refractivity contribution in [2.24, 2.45) is 0 Å². The van der Waals surface area contributed by atoms with E-state index in [1.54, 1.807) is 13.3 Å². The molecule has 0 spiro atoms. The van der Waals surface area contributed by atoms with E-state index in [1.807, 2.05) is 36.4 Å². The highest BCUT2D eigenvalue weighted by Crippen LogP contribution is 2.28. The summed E-state index contributed by atoms with van der Waals surface area (Å²) in [5, 5.41) is 3.14. The summed E-state index contributed by atoms with van der Waals surface area (Å²) in [5.41, 5.74) is 7.87. The number of nitrogen functional groups attached to an aromatic ring is 1. The van der Waals surface area contributed by atoms with Crippen molar-refractivity contribution >= 4 is 33.4 Å².